The van der Waals surface area contributed by atoms with Gasteiger partial charge in [-0.3, -0.25) is 9.69 Å². The van der Waals surface area contributed by atoms with Gasteiger partial charge in [-0.2, -0.15) is 0 Å². The number of rotatable bonds is 2. The summed E-state index contributed by atoms with van der Waals surface area (Å²) in [5.41, 5.74) is -0.667. The predicted octanol–water partition coefficient (Wildman–Crippen LogP) is 1.88. The maximum atomic E-state index is 11.5. The van der Waals surface area contributed by atoms with Crippen LogP contribution in [0.2, 0.25) is 0 Å². The van der Waals surface area contributed by atoms with Crippen molar-refractivity contribution in [2.24, 2.45) is 0 Å². The zero-order valence-electron chi connectivity index (χ0n) is 10.8. The van der Waals surface area contributed by atoms with Crippen molar-refractivity contribution >= 4 is 5.97 Å². The first kappa shape index (κ1) is 12.8. The van der Waals surface area contributed by atoms with Gasteiger partial charge in [0.25, 0.3) is 0 Å². The average molecular weight is 241 g/mol. The molecule has 3 unspecified atom stereocenters. The SMILES string of the molecule is CC1CC(N2CCCCC2(C)C(=O)O)CCO1. The molecular formula is C13H23NO3. The van der Waals surface area contributed by atoms with Crippen molar-refractivity contribution in [2.75, 3.05) is 13.2 Å². The van der Waals surface area contributed by atoms with Crippen LogP contribution in [0.4, 0.5) is 0 Å². The molecule has 2 fully saturated rings. The molecule has 0 aromatic rings. The molecule has 4 nitrogen and oxygen atoms in total. The van der Waals surface area contributed by atoms with Gasteiger partial charge in [0.2, 0.25) is 0 Å². The number of carbonyl (C=O) groups is 1. The molecule has 98 valence electrons. The number of carboxylic acids is 1. The Morgan fingerprint density at radius 2 is 2.24 bits per heavy atom. The van der Waals surface area contributed by atoms with Crippen LogP contribution in [-0.4, -0.2) is 46.8 Å². The van der Waals surface area contributed by atoms with Crippen LogP contribution in [0.25, 0.3) is 0 Å². The Bertz CT molecular complexity index is 294. The van der Waals surface area contributed by atoms with E-state index in [1.54, 1.807) is 0 Å². The highest BCUT2D eigenvalue weighted by molar-refractivity contribution is 5.78. The fourth-order valence-electron chi connectivity index (χ4n) is 3.21. The first-order valence-corrected chi connectivity index (χ1v) is 6.66. The van der Waals surface area contributed by atoms with E-state index in [1.807, 2.05) is 6.92 Å². The maximum absolute atomic E-state index is 11.5. The Morgan fingerprint density at radius 3 is 2.88 bits per heavy atom. The Balaban J connectivity index is 2.13. The van der Waals surface area contributed by atoms with E-state index in [0.717, 1.165) is 45.3 Å². The molecule has 4 heteroatoms. The fourth-order valence-corrected chi connectivity index (χ4v) is 3.21. The van der Waals surface area contributed by atoms with Crippen molar-refractivity contribution in [3.8, 4) is 0 Å². The van der Waals surface area contributed by atoms with E-state index >= 15 is 0 Å². The third-order valence-electron chi connectivity index (χ3n) is 4.31. The van der Waals surface area contributed by atoms with Gasteiger partial charge in [0.1, 0.15) is 5.54 Å². The Hall–Kier alpha value is -0.610. The van der Waals surface area contributed by atoms with Gasteiger partial charge in [0.15, 0.2) is 0 Å². The molecule has 2 rings (SSSR count). The zero-order valence-corrected chi connectivity index (χ0v) is 10.8. The highest BCUT2D eigenvalue weighted by Gasteiger charge is 2.45. The van der Waals surface area contributed by atoms with Crippen molar-refractivity contribution in [1.82, 2.24) is 4.90 Å². The average Bonchev–Trinajstić information content (AvgIpc) is 2.29. The summed E-state index contributed by atoms with van der Waals surface area (Å²) in [6.07, 6.45) is 5.10. The van der Waals surface area contributed by atoms with Crippen LogP contribution in [0.15, 0.2) is 0 Å². The quantitative estimate of drug-likeness (QED) is 0.802. The molecule has 2 saturated heterocycles. The molecule has 0 bridgehead atoms. The highest BCUT2D eigenvalue weighted by atomic mass is 16.5. The van der Waals surface area contributed by atoms with Crippen LogP contribution in [0, 0.1) is 0 Å². The molecule has 0 amide bonds. The number of piperidine rings is 1. The van der Waals surface area contributed by atoms with Crippen LogP contribution in [0.5, 0.6) is 0 Å². The lowest BCUT2D eigenvalue weighted by Gasteiger charge is -2.48. The van der Waals surface area contributed by atoms with Crippen LogP contribution in [0.1, 0.15) is 46.0 Å². The van der Waals surface area contributed by atoms with Gasteiger partial charge >= 0.3 is 5.97 Å². The first-order chi connectivity index (χ1) is 8.04. The minimum absolute atomic E-state index is 0.258. The Labute approximate surface area is 103 Å². The predicted molar refractivity (Wildman–Crippen MR) is 65.0 cm³/mol. The summed E-state index contributed by atoms with van der Waals surface area (Å²) < 4.78 is 5.55. The van der Waals surface area contributed by atoms with Gasteiger partial charge in [0.05, 0.1) is 6.10 Å². The number of aliphatic carboxylic acids is 1. The largest absolute Gasteiger partial charge is 0.480 e. The van der Waals surface area contributed by atoms with Crippen LogP contribution < -0.4 is 0 Å². The number of carboxylic acid groups (broad SMARTS) is 1. The number of likely N-dealkylation sites (tertiary alicyclic amines) is 1. The third-order valence-corrected chi connectivity index (χ3v) is 4.31. The number of hydrogen-bond acceptors (Lipinski definition) is 3. The first-order valence-electron chi connectivity index (χ1n) is 6.66. The van der Waals surface area contributed by atoms with Crippen molar-refractivity contribution in [3.05, 3.63) is 0 Å². The van der Waals surface area contributed by atoms with E-state index in [1.165, 1.54) is 0 Å². The van der Waals surface area contributed by atoms with Crippen molar-refractivity contribution in [2.45, 2.75) is 63.6 Å². The second kappa shape index (κ2) is 4.94. The molecule has 17 heavy (non-hydrogen) atoms. The molecule has 0 saturated carbocycles. The smallest absolute Gasteiger partial charge is 0.323 e. The molecule has 0 aromatic heterocycles. The normalized spacial score (nSPS) is 40.1. The fraction of sp³-hybridized carbons (Fsp3) is 0.923. The molecule has 2 aliphatic heterocycles. The van der Waals surface area contributed by atoms with Crippen molar-refractivity contribution in [3.63, 3.8) is 0 Å². The molecule has 0 aromatic carbocycles. The summed E-state index contributed by atoms with van der Waals surface area (Å²) in [6, 6.07) is 0.375. The van der Waals surface area contributed by atoms with E-state index < -0.39 is 11.5 Å². The summed E-state index contributed by atoms with van der Waals surface area (Å²) in [5.74, 6) is -0.670. The Morgan fingerprint density at radius 1 is 1.47 bits per heavy atom. The van der Waals surface area contributed by atoms with Gasteiger partial charge in [-0.25, -0.2) is 0 Å². The van der Waals surface area contributed by atoms with E-state index in [-0.39, 0.29) is 6.10 Å². The van der Waals surface area contributed by atoms with E-state index in [0.29, 0.717) is 6.04 Å². The summed E-state index contributed by atoms with van der Waals surface area (Å²) in [5, 5.41) is 9.49. The molecule has 2 heterocycles. The molecule has 2 aliphatic rings. The van der Waals surface area contributed by atoms with E-state index in [9.17, 15) is 9.90 Å². The third kappa shape index (κ3) is 2.47. The van der Waals surface area contributed by atoms with Gasteiger partial charge in [-0.1, -0.05) is 0 Å². The summed E-state index contributed by atoms with van der Waals surface area (Å²) in [4.78, 5) is 13.8. The van der Waals surface area contributed by atoms with Gasteiger partial charge in [-0.15, -0.1) is 0 Å². The second-order valence-corrected chi connectivity index (χ2v) is 5.59. The molecule has 3 atom stereocenters. The van der Waals surface area contributed by atoms with Gasteiger partial charge in [-0.05, 0) is 52.5 Å². The highest BCUT2D eigenvalue weighted by Crippen LogP contribution is 2.33. The summed E-state index contributed by atoms with van der Waals surface area (Å²) in [7, 11) is 0. The summed E-state index contributed by atoms with van der Waals surface area (Å²) in [6.45, 7) is 5.64. The topological polar surface area (TPSA) is 49.8 Å². The van der Waals surface area contributed by atoms with Gasteiger partial charge < -0.3 is 9.84 Å². The molecule has 0 radical (unpaired) electrons. The molecule has 0 spiro atoms. The monoisotopic (exact) mass is 241 g/mol. The molecule has 0 aliphatic carbocycles. The van der Waals surface area contributed by atoms with Crippen molar-refractivity contribution in [1.29, 1.82) is 0 Å². The number of ether oxygens (including phenoxy) is 1. The lowest BCUT2D eigenvalue weighted by Crippen LogP contribution is -2.60. The second-order valence-electron chi connectivity index (χ2n) is 5.59. The van der Waals surface area contributed by atoms with Crippen LogP contribution >= 0.6 is 0 Å². The maximum Gasteiger partial charge on any atom is 0.323 e. The van der Waals surface area contributed by atoms with Crippen LogP contribution in [-0.2, 0) is 9.53 Å². The summed E-state index contributed by atoms with van der Waals surface area (Å²) >= 11 is 0. The van der Waals surface area contributed by atoms with E-state index in [2.05, 4.69) is 11.8 Å². The lowest BCUT2D eigenvalue weighted by molar-refractivity contribution is -0.158. The standard InChI is InChI=1S/C13H23NO3/c1-10-9-11(5-8-17-10)14-7-4-3-6-13(14,2)12(15)16/h10-11H,3-9H2,1-2H3,(H,15,16). The van der Waals surface area contributed by atoms with Crippen molar-refractivity contribution < 1.29 is 14.6 Å². The van der Waals surface area contributed by atoms with Gasteiger partial charge in [0, 0.05) is 12.6 Å². The molecular weight excluding hydrogens is 218 g/mol. The van der Waals surface area contributed by atoms with E-state index in [4.69, 9.17) is 4.74 Å². The minimum Gasteiger partial charge on any atom is -0.480 e. The Kier molecular flexibility index (Phi) is 3.73. The number of nitrogens with zero attached hydrogens (tertiary/aromatic N) is 1. The lowest BCUT2D eigenvalue weighted by atomic mass is 9.85. The molecule has 1 N–H and O–H groups in total. The van der Waals surface area contributed by atoms with Crippen LogP contribution in [0.3, 0.4) is 0 Å². The zero-order chi connectivity index (χ0) is 12.5. The minimum atomic E-state index is -0.670. The number of hydrogen-bond donors (Lipinski definition) is 1.